The van der Waals surface area contributed by atoms with Gasteiger partial charge in [-0.1, -0.05) is 30.3 Å². The van der Waals surface area contributed by atoms with Gasteiger partial charge in [0.25, 0.3) is 0 Å². The molecule has 1 saturated heterocycles. The van der Waals surface area contributed by atoms with Crippen LogP contribution in [0.1, 0.15) is 31.2 Å². The van der Waals surface area contributed by atoms with E-state index < -0.39 is 0 Å². The second-order valence-corrected chi connectivity index (χ2v) is 5.44. The van der Waals surface area contributed by atoms with Gasteiger partial charge in [0, 0.05) is 12.8 Å². The van der Waals surface area contributed by atoms with Gasteiger partial charge >= 0.3 is 0 Å². The van der Waals surface area contributed by atoms with Gasteiger partial charge in [0.1, 0.15) is 0 Å². The Balaban J connectivity index is 1.65. The van der Waals surface area contributed by atoms with Crippen molar-refractivity contribution in [1.29, 1.82) is 0 Å². The number of rotatable bonds is 5. The maximum atomic E-state index is 2.43. The molecule has 1 heteroatoms. The number of hydrogen-bond donors (Lipinski definition) is 0. The zero-order chi connectivity index (χ0) is 11.3. The van der Waals surface area contributed by atoms with Crippen LogP contribution in [0.5, 0.6) is 0 Å². The molecular formula is C15H24N+. The monoisotopic (exact) mass is 218 g/mol. The lowest BCUT2D eigenvalue weighted by atomic mass is 10.1. The summed E-state index contributed by atoms with van der Waals surface area (Å²) in [5, 5.41) is 0. The van der Waals surface area contributed by atoms with Crippen molar-refractivity contribution in [2.24, 2.45) is 0 Å². The third-order valence-electron chi connectivity index (χ3n) is 3.90. The van der Waals surface area contributed by atoms with Crippen LogP contribution in [-0.4, -0.2) is 31.2 Å². The Labute approximate surface area is 99.7 Å². The van der Waals surface area contributed by atoms with Gasteiger partial charge in [-0.3, -0.25) is 0 Å². The number of unbranched alkanes of at least 4 members (excludes halogenated alkanes) is 1. The third-order valence-corrected chi connectivity index (χ3v) is 3.90. The van der Waals surface area contributed by atoms with Crippen LogP contribution in [0, 0.1) is 0 Å². The van der Waals surface area contributed by atoms with Crippen molar-refractivity contribution in [3.8, 4) is 0 Å². The molecule has 0 aliphatic carbocycles. The Morgan fingerprint density at radius 3 is 2.38 bits per heavy atom. The standard InChI is InChI=1S/C15H24N/c1-16(13-7-8-14-16)12-6-5-11-15-9-3-2-4-10-15/h2-4,9-10H,5-8,11-14H2,1H3/q+1. The number of benzene rings is 1. The molecule has 0 aromatic heterocycles. The number of hydrogen-bond acceptors (Lipinski definition) is 0. The highest BCUT2D eigenvalue weighted by atomic mass is 15.3. The van der Waals surface area contributed by atoms with Crippen LogP contribution in [0.3, 0.4) is 0 Å². The minimum absolute atomic E-state index is 1.25. The molecule has 0 N–H and O–H groups in total. The van der Waals surface area contributed by atoms with Crippen LogP contribution < -0.4 is 0 Å². The molecule has 0 atom stereocenters. The van der Waals surface area contributed by atoms with Crippen LogP contribution in [-0.2, 0) is 6.42 Å². The molecule has 1 nitrogen and oxygen atoms in total. The molecule has 0 radical (unpaired) electrons. The highest BCUT2D eigenvalue weighted by Crippen LogP contribution is 2.17. The maximum Gasteiger partial charge on any atom is 0.0786 e. The summed E-state index contributed by atoms with van der Waals surface area (Å²) in [6.45, 7) is 4.20. The topological polar surface area (TPSA) is 0 Å². The van der Waals surface area contributed by atoms with E-state index in [1.54, 1.807) is 0 Å². The Morgan fingerprint density at radius 2 is 1.69 bits per heavy atom. The fraction of sp³-hybridized carbons (Fsp3) is 0.600. The summed E-state index contributed by atoms with van der Waals surface area (Å²) in [6.07, 6.45) is 6.86. The van der Waals surface area contributed by atoms with Gasteiger partial charge in [-0.05, 0) is 24.8 Å². The van der Waals surface area contributed by atoms with Crippen LogP contribution in [0.2, 0.25) is 0 Å². The molecule has 16 heavy (non-hydrogen) atoms. The predicted octanol–water partition coefficient (Wildman–Crippen LogP) is 3.25. The Morgan fingerprint density at radius 1 is 1.00 bits per heavy atom. The predicted molar refractivity (Wildman–Crippen MR) is 69.4 cm³/mol. The largest absolute Gasteiger partial charge is 0.326 e. The van der Waals surface area contributed by atoms with E-state index in [0.717, 1.165) is 0 Å². The highest BCUT2D eigenvalue weighted by Gasteiger charge is 2.25. The van der Waals surface area contributed by atoms with E-state index in [9.17, 15) is 0 Å². The first kappa shape index (κ1) is 11.7. The average Bonchev–Trinajstić information content (AvgIpc) is 2.74. The van der Waals surface area contributed by atoms with E-state index in [2.05, 4.69) is 37.4 Å². The van der Waals surface area contributed by atoms with E-state index >= 15 is 0 Å². The van der Waals surface area contributed by atoms with Crippen LogP contribution in [0.4, 0.5) is 0 Å². The lowest BCUT2D eigenvalue weighted by Gasteiger charge is -2.29. The van der Waals surface area contributed by atoms with Gasteiger partial charge in [0.05, 0.1) is 26.7 Å². The minimum Gasteiger partial charge on any atom is -0.326 e. The Kier molecular flexibility index (Phi) is 4.00. The van der Waals surface area contributed by atoms with E-state index in [1.807, 2.05) is 0 Å². The van der Waals surface area contributed by atoms with E-state index in [-0.39, 0.29) is 0 Å². The number of likely N-dealkylation sites (tertiary alicyclic amines) is 1. The lowest BCUT2D eigenvalue weighted by Crippen LogP contribution is -2.41. The van der Waals surface area contributed by atoms with Gasteiger partial charge in [-0.15, -0.1) is 0 Å². The van der Waals surface area contributed by atoms with Crippen LogP contribution in [0.25, 0.3) is 0 Å². The summed E-state index contributed by atoms with van der Waals surface area (Å²) < 4.78 is 1.33. The first-order valence-corrected chi connectivity index (χ1v) is 6.66. The van der Waals surface area contributed by atoms with Crippen molar-refractivity contribution >= 4 is 0 Å². The fourth-order valence-electron chi connectivity index (χ4n) is 2.79. The molecule has 1 aromatic rings. The molecular weight excluding hydrogens is 194 g/mol. The first-order valence-electron chi connectivity index (χ1n) is 6.66. The molecule has 0 spiro atoms. The van der Waals surface area contributed by atoms with Gasteiger partial charge in [-0.2, -0.15) is 0 Å². The smallest absolute Gasteiger partial charge is 0.0786 e. The molecule has 88 valence electrons. The van der Waals surface area contributed by atoms with E-state index in [4.69, 9.17) is 0 Å². The normalized spacial score (nSPS) is 18.8. The summed E-state index contributed by atoms with van der Waals surface area (Å²) >= 11 is 0. The SMILES string of the molecule is C[N+]1(CCCCc2ccccc2)CCCC1. The number of nitrogens with zero attached hydrogens (tertiary/aromatic N) is 1. The molecule has 2 rings (SSSR count). The number of aryl methyl sites for hydroxylation is 1. The maximum absolute atomic E-state index is 2.43. The number of quaternary nitrogens is 1. The fourth-order valence-corrected chi connectivity index (χ4v) is 2.79. The second-order valence-electron chi connectivity index (χ2n) is 5.44. The van der Waals surface area contributed by atoms with Crippen molar-refractivity contribution in [3.05, 3.63) is 35.9 Å². The summed E-state index contributed by atoms with van der Waals surface area (Å²) in [4.78, 5) is 0. The summed E-state index contributed by atoms with van der Waals surface area (Å²) in [7, 11) is 2.43. The summed E-state index contributed by atoms with van der Waals surface area (Å²) in [5.41, 5.74) is 1.49. The van der Waals surface area contributed by atoms with Gasteiger partial charge in [0.15, 0.2) is 0 Å². The molecule has 0 amide bonds. The highest BCUT2D eigenvalue weighted by molar-refractivity contribution is 5.14. The van der Waals surface area contributed by atoms with Crippen molar-refractivity contribution in [1.82, 2.24) is 0 Å². The van der Waals surface area contributed by atoms with E-state index in [1.165, 1.54) is 61.8 Å². The molecule has 1 aliphatic rings. The zero-order valence-corrected chi connectivity index (χ0v) is 10.5. The zero-order valence-electron chi connectivity index (χ0n) is 10.5. The van der Waals surface area contributed by atoms with Crippen molar-refractivity contribution < 1.29 is 4.48 Å². The average molecular weight is 218 g/mol. The van der Waals surface area contributed by atoms with Crippen molar-refractivity contribution in [3.63, 3.8) is 0 Å². The molecule has 1 aliphatic heterocycles. The molecule has 1 fully saturated rings. The third kappa shape index (κ3) is 3.34. The Hall–Kier alpha value is -0.820. The summed E-state index contributed by atoms with van der Waals surface area (Å²) in [6, 6.07) is 10.9. The summed E-state index contributed by atoms with van der Waals surface area (Å²) in [5.74, 6) is 0. The van der Waals surface area contributed by atoms with Gasteiger partial charge < -0.3 is 4.48 Å². The van der Waals surface area contributed by atoms with Crippen molar-refractivity contribution in [2.45, 2.75) is 32.1 Å². The molecule has 1 aromatic carbocycles. The van der Waals surface area contributed by atoms with Gasteiger partial charge in [0.2, 0.25) is 0 Å². The van der Waals surface area contributed by atoms with Crippen molar-refractivity contribution in [2.75, 3.05) is 26.7 Å². The van der Waals surface area contributed by atoms with Crippen LogP contribution >= 0.6 is 0 Å². The molecule has 0 saturated carbocycles. The molecule has 0 unspecified atom stereocenters. The Bertz CT molecular complexity index is 298. The van der Waals surface area contributed by atoms with Crippen LogP contribution in [0.15, 0.2) is 30.3 Å². The quantitative estimate of drug-likeness (QED) is 0.526. The lowest BCUT2D eigenvalue weighted by molar-refractivity contribution is -0.897. The molecule has 1 heterocycles. The molecule has 0 bridgehead atoms. The minimum atomic E-state index is 1.25. The van der Waals surface area contributed by atoms with E-state index in [0.29, 0.717) is 0 Å². The second kappa shape index (κ2) is 5.49. The first-order chi connectivity index (χ1) is 7.79. The van der Waals surface area contributed by atoms with Gasteiger partial charge in [-0.25, -0.2) is 0 Å².